The number of carbonyl (C=O) groups excluding carboxylic acids is 1. The van der Waals surface area contributed by atoms with E-state index in [0.717, 1.165) is 38.6 Å². The first-order chi connectivity index (χ1) is 8.23. The topological polar surface area (TPSA) is 68.0 Å². The zero-order chi connectivity index (χ0) is 12.1. The predicted octanol–water partition coefficient (Wildman–Crippen LogP) is 1.43. The molecule has 1 aliphatic heterocycles. The second-order valence-electron chi connectivity index (χ2n) is 4.69. The summed E-state index contributed by atoms with van der Waals surface area (Å²) < 4.78 is 0. The molecule has 1 aromatic rings. The SMILES string of the molecule is Cl.NC(=O)C1(CCCc2cccnc2)CCCN1. The van der Waals surface area contributed by atoms with Gasteiger partial charge in [-0.15, -0.1) is 12.4 Å². The maximum Gasteiger partial charge on any atom is 0.237 e. The molecule has 1 amide bonds. The number of pyridine rings is 1. The van der Waals surface area contributed by atoms with Crippen molar-refractivity contribution in [3.8, 4) is 0 Å². The summed E-state index contributed by atoms with van der Waals surface area (Å²) in [5.41, 5.74) is 6.26. The molecule has 1 saturated heterocycles. The number of nitrogens with two attached hydrogens (primary N) is 1. The van der Waals surface area contributed by atoms with Crippen LogP contribution in [-0.2, 0) is 11.2 Å². The van der Waals surface area contributed by atoms with E-state index in [1.807, 2.05) is 12.3 Å². The van der Waals surface area contributed by atoms with Crippen LogP contribution in [0.3, 0.4) is 0 Å². The molecule has 2 rings (SSSR count). The van der Waals surface area contributed by atoms with Crippen molar-refractivity contribution in [3.05, 3.63) is 30.1 Å². The van der Waals surface area contributed by atoms with E-state index in [4.69, 9.17) is 5.73 Å². The molecule has 1 aromatic heterocycles. The molecule has 1 atom stereocenters. The van der Waals surface area contributed by atoms with Crippen molar-refractivity contribution in [3.63, 3.8) is 0 Å². The molecule has 2 heterocycles. The number of aromatic nitrogens is 1. The van der Waals surface area contributed by atoms with Crippen molar-refractivity contribution in [2.45, 2.75) is 37.6 Å². The molecule has 100 valence electrons. The van der Waals surface area contributed by atoms with Crippen LogP contribution in [0.2, 0.25) is 0 Å². The number of nitrogens with zero attached hydrogens (tertiary/aromatic N) is 1. The third-order valence-corrected chi connectivity index (χ3v) is 3.51. The number of halogens is 1. The lowest BCUT2D eigenvalue weighted by molar-refractivity contribution is -0.124. The van der Waals surface area contributed by atoms with Gasteiger partial charge in [0.25, 0.3) is 0 Å². The fraction of sp³-hybridized carbons (Fsp3) is 0.538. The van der Waals surface area contributed by atoms with Crippen LogP contribution in [0.5, 0.6) is 0 Å². The van der Waals surface area contributed by atoms with Crippen LogP contribution in [0.1, 0.15) is 31.2 Å². The average Bonchev–Trinajstić information content (AvgIpc) is 2.80. The Kier molecular flexibility index (Phi) is 5.56. The van der Waals surface area contributed by atoms with E-state index in [1.54, 1.807) is 6.20 Å². The van der Waals surface area contributed by atoms with E-state index in [-0.39, 0.29) is 18.3 Å². The second-order valence-corrected chi connectivity index (χ2v) is 4.69. The lowest BCUT2D eigenvalue weighted by Gasteiger charge is -2.25. The molecule has 1 unspecified atom stereocenters. The van der Waals surface area contributed by atoms with Crippen LogP contribution < -0.4 is 11.1 Å². The zero-order valence-corrected chi connectivity index (χ0v) is 11.2. The third-order valence-electron chi connectivity index (χ3n) is 3.51. The second kappa shape index (κ2) is 6.71. The Hall–Kier alpha value is -1.13. The summed E-state index contributed by atoms with van der Waals surface area (Å²) in [6.07, 6.45) is 8.28. The number of rotatable bonds is 5. The van der Waals surface area contributed by atoms with Gasteiger partial charge < -0.3 is 11.1 Å². The Morgan fingerprint density at radius 3 is 2.94 bits per heavy atom. The maximum absolute atomic E-state index is 11.5. The Bertz CT molecular complexity index is 377. The van der Waals surface area contributed by atoms with E-state index in [9.17, 15) is 4.79 Å². The highest BCUT2D eigenvalue weighted by Crippen LogP contribution is 2.25. The first-order valence-electron chi connectivity index (χ1n) is 6.17. The largest absolute Gasteiger partial charge is 0.368 e. The van der Waals surface area contributed by atoms with Crippen LogP contribution in [0.25, 0.3) is 0 Å². The average molecular weight is 270 g/mol. The highest BCUT2D eigenvalue weighted by atomic mass is 35.5. The number of carbonyl (C=O) groups is 1. The first kappa shape index (κ1) is 14.9. The number of aryl methyl sites for hydroxylation is 1. The third kappa shape index (κ3) is 3.43. The van der Waals surface area contributed by atoms with Crippen molar-refractivity contribution < 1.29 is 4.79 Å². The van der Waals surface area contributed by atoms with Crippen molar-refractivity contribution in [2.24, 2.45) is 5.73 Å². The van der Waals surface area contributed by atoms with E-state index in [2.05, 4.69) is 16.4 Å². The number of hydrogen-bond acceptors (Lipinski definition) is 3. The van der Waals surface area contributed by atoms with E-state index in [1.165, 1.54) is 5.56 Å². The molecule has 4 nitrogen and oxygen atoms in total. The van der Waals surface area contributed by atoms with Gasteiger partial charge in [0.2, 0.25) is 5.91 Å². The molecule has 0 aromatic carbocycles. The van der Waals surface area contributed by atoms with E-state index < -0.39 is 5.54 Å². The molecule has 3 N–H and O–H groups in total. The van der Waals surface area contributed by atoms with Gasteiger partial charge in [-0.1, -0.05) is 6.07 Å². The Morgan fingerprint density at radius 1 is 1.56 bits per heavy atom. The molecular weight excluding hydrogens is 250 g/mol. The molecule has 0 saturated carbocycles. The summed E-state index contributed by atoms with van der Waals surface area (Å²) in [7, 11) is 0. The number of primary amides is 1. The van der Waals surface area contributed by atoms with E-state index >= 15 is 0 Å². The monoisotopic (exact) mass is 269 g/mol. The summed E-state index contributed by atoms with van der Waals surface area (Å²) in [6, 6.07) is 4.00. The quantitative estimate of drug-likeness (QED) is 0.850. The summed E-state index contributed by atoms with van der Waals surface area (Å²) in [4.78, 5) is 15.6. The Morgan fingerprint density at radius 2 is 2.39 bits per heavy atom. The van der Waals surface area contributed by atoms with Gasteiger partial charge in [0, 0.05) is 12.4 Å². The minimum absolute atomic E-state index is 0. The van der Waals surface area contributed by atoms with Crippen LogP contribution >= 0.6 is 12.4 Å². The van der Waals surface area contributed by atoms with Gasteiger partial charge in [-0.05, 0) is 50.3 Å². The lowest BCUT2D eigenvalue weighted by atomic mass is 9.89. The molecule has 0 radical (unpaired) electrons. The van der Waals surface area contributed by atoms with Gasteiger partial charge in [0.05, 0.1) is 5.54 Å². The molecule has 1 fully saturated rings. The predicted molar refractivity (Wildman–Crippen MR) is 73.6 cm³/mol. The standard InChI is InChI=1S/C13H19N3O.ClH/c14-12(17)13(7-3-9-16-13)6-1-4-11-5-2-8-15-10-11;/h2,5,8,10,16H,1,3-4,6-7,9H2,(H2,14,17);1H. The minimum atomic E-state index is -0.456. The fourth-order valence-electron chi connectivity index (χ4n) is 2.49. The Labute approximate surface area is 114 Å². The van der Waals surface area contributed by atoms with Gasteiger partial charge in [-0.3, -0.25) is 9.78 Å². The normalized spacial score (nSPS) is 22.4. The van der Waals surface area contributed by atoms with Crippen molar-refractivity contribution in [1.29, 1.82) is 0 Å². The highest BCUT2D eigenvalue weighted by Gasteiger charge is 2.38. The fourth-order valence-corrected chi connectivity index (χ4v) is 2.49. The van der Waals surface area contributed by atoms with Gasteiger partial charge >= 0.3 is 0 Å². The van der Waals surface area contributed by atoms with Crippen molar-refractivity contribution in [2.75, 3.05) is 6.54 Å². The smallest absolute Gasteiger partial charge is 0.237 e. The summed E-state index contributed by atoms with van der Waals surface area (Å²) in [6.45, 7) is 0.899. The number of nitrogens with one attached hydrogen (secondary N) is 1. The number of amides is 1. The van der Waals surface area contributed by atoms with Gasteiger partial charge in [-0.25, -0.2) is 0 Å². The van der Waals surface area contributed by atoms with Gasteiger partial charge in [0.15, 0.2) is 0 Å². The Balaban J connectivity index is 0.00000162. The molecule has 0 bridgehead atoms. The number of hydrogen-bond donors (Lipinski definition) is 2. The minimum Gasteiger partial charge on any atom is -0.368 e. The lowest BCUT2D eigenvalue weighted by Crippen LogP contribution is -2.51. The summed E-state index contributed by atoms with van der Waals surface area (Å²) in [5.74, 6) is -0.207. The van der Waals surface area contributed by atoms with Crippen LogP contribution in [0, 0.1) is 0 Å². The summed E-state index contributed by atoms with van der Waals surface area (Å²) >= 11 is 0. The van der Waals surface area contributed by atoms with Gasteiger partial charge in [-0.2, -0.15) is 0 Å². The van der Waals surface area contributed by atoms with Gasteiger partial charge in [0.1, 0.15) is 0 Å². The maximum atomic E-state index is 11.5. The van der Waals surface area contributed by atoms with Crippen LogP contribution in [-0.4, -0.2) is 23.0 Å². The van der Waals surface area contributed by atoms with Crippen LogP contribution in [0.4, 0.5) is 0 Å². The zero-order valence-electron chi connectivity index (χ0n) is 10.4. The molecule has 0 aliphatic carbocycles. The highest BCUT2D eigenvalue weighted by molar-refractivity contribution is 5.85. The molecule has 0 spiro atoms. The molecule has 5 heteroatoms. The molecule has 1 aliphatic rings. The molecular formula is C13H20ClN3O. The molecule has 18 heavy (non-hydrogen) atoms. The van der Waals surface area contributed by atoms with Crippen LogP contribution in [0.15, 0.2) is 24.5 Å². The summed E-state index contributed by atoms with van der Waals surface area (Å²) in [5, 5.41) is 3.27. The first-order valence-corrected chi connectivity index (χ1v) is 6.17. The van der Waals surface area contributed by atoms with E-state index in [0.29, 0.717) is 0 Å². The van der Waals surface area contributed by atoms with Crippen molar-refractivity contribution >= 4 is 18.3 Å². The van der Waals surface area contributed by atoms with Crippen molar-refractivity contribution in [1.82, 2.24) is 10.3 Å².